The van der Waals surface area contributed by atoms with Crippen LogP contribution in [0.5, 0.6) is 0 Å². The fourth-order valence-corrected chi connectivity index (χ4v) is 4.20. The van der Waals surface area contributed by atoms with Crippen LogP contribution >= 0.6 is 17.8 Å². The molecule has 0 nitrogen and oxygen atoms in total. The van der Waals surface area contributed by atoms with Crippen molar-refractivity contribution in [3.05, 3.63) is 0 Å². The second kappa shape index (κ2) is 8.19. The second-order valence-electron chi connectivity index (χ2n) is 4.04. The second-order valence-corrected chi connectivity index (χ2v) is 6.62. The molecule has 0 bridgehead atoms. The monoisotopic (exact) mass is 220 g/mol. The van der Waals surface area contributed by atoms with Crippen molar-refractivity contribution < 1.29 is 0 Å². The summed E-state index contributed by atoms with van der Waals surface area (Å²) < 4.78 is 0. The molecule has 0 aliphatic rings. The van der Waals surface area contributed by atoms with Gasteiger partial charge < -0.3 is 0 Å². The first-order chi connectivity index (χ1) is 6.18. The largest absolute Gasteiger partial charge is 0.131 e. The Morgan fingerprint density at radius 2 is 1.54 bits per heavy atom. The van der Waals surface area contributed by atoms with E-state index in [0.717, 1.165) is 0 Å². The van der Waals surface area contributed by atoms with Gasteiger partial charge in [-0.3, -0.25) is 0 Å². The van der Waals surface area contributed by atoms with Gasteiger partial charge in [-0.05, 0) is 30.3 Å². The molecule has 0 amide bonds. The van der Waals surface area contributed by atoms with Crippen LogP contribution in [0.3, 0.4) is 0 Å². The van der Waals surface area contributed by atoms with Crippen LogP contribution in [0.25, 0.3) is 0 Å². The Morgan fingerprint density at radius 1 is 1.00 bits per heavy atom. The fourth-order valence-electron chi connectivity index (χ4n) is 1.81. The van der Waals surface area contributed by atoms with Gasteiger partial charge in [0.1, 0.15) is 0 Å². The quantitative estimate of drug-likeness (QED) is 0.423. The molecule has 0 aliphatic carbocycles. The molecule has 2 unspecified atom stereocenters. The third kappa shape index (κ3) is 6.87. The lowest BCUT2D eigenvalue weighted by molar-refractivity contribution is 0.533. The zero-order valence-electron chi connectivity index (χ0n) is 9.53. The van der Waals surface area contributed by atoms with Gasteiger partial charge in [0.2, 0.25) is 0 Å². The highest BCUT2D eigenvalue weighted by Gasteiger charge is 2.21. The van der Waals surface area contributed by atoms with Gasteiger partial charge in [0.25, 0.3) is 0 Å². The molecule has 0 saturated heterocycles. The van der Waals surface area contributed by atoms with E-state index in [9.17, 15) is 0 Å². The summed E-state index contributed by atoms with van der Waals surface area (Å²) in [7, 11) is 4.32. The minimum Gasteiger partial charge on any atom is -0.131 e. The van der Waals surface area contributed by atoms with Gasteiger partial charge in [-0.2, -0.15) is 0 Å². The van der Waals surface area contributed by atoms with E-state index < -0.39 is 0 Å². The lowest BCUT2D eigenvalue weighted by atomic mass is 9.99. The molecular formula is C11H26P2. The lowest BCUT2D eigenvalue weighted by Gasteiger charge is -2.28. The van der Waals surface area contributed by atoms with Crippen molar-refractivity contribution in [3.63, 3.8) is 0 Å². The summed E-state index contributed by atoms with van der Waals surface area (Å²) in [5, 5.41) is 0.580. The summed E-state index contributed by atoms with van der Waals surface area (Å²) in [6.07, 6.45) is 9.68. The van der Waals surface area contributed by atoms with Crippen molar-refractivity contribution in [1.82, 2.24) is 0 Å². The molecule has 0 N–H and O–H groups in total. The normalized spacial score (nSPS) is 12.9. The SMILES string of the molecule is CCCPCC(P)(CCC)CCC. The molecule has 0 spiro atoms. The minimum atomic E-state index is 0.580. The van der Waals surface area contributed by atoms with Crippen molar-refractivity contribution in [2.45, 2.75) is 58.0 Å². The highest BCUT2D eigenvalue weighted by Crippen LogP contribution is 2.35. The minimum absolute atomic E-state index is 0.580. The van der Waals surface area contributed by atoms with Gasteiger partial charge in [-0.25, -0.2) is 0 Å². The average Bonchev–Trinajstić information content (AvgIpc) is 2.05. The highest BCUT2D eigenvalue weighted by molar-refractivity contribution is 7.39. The van der Waals surface area contributed by atoms with E-state index in [4.69, 9.17) is 0 Å². The Morgan fingerprint density at radius 3 is 1.92 bits per heavy atom. The van der Waals surface area contributed by atoms with Crippen LogP contribution in [0.2, 0.25) is 0 Å². The van der Waals surface area contributed by atoms with E-state index in [-0.39, 0.29) is 0 Å². The maximum atomic E-state index is 3.14. The predicted octanol–water partition coefficient (Wildman–Crippen LogP) is 4.29. The molecule has 0 aromatic rings. The molecule has 0 radical (unpaired) electrons. The summed E-state index contributed by atoms with van der Waals surface area (Å²) in [5.74, 6) is 0. The van der Waals surface area contributed by atoms with Gasteiger partial charge in [0.05, 0.1) is 0 Å². The van der Waals surface area contributed by atoms with Crippen LogP contribution in [0.4, 0.5) is 0 Å². The molecule has 0 aliphatic heterocycles. The van der Waals surface area contributed by atoms with Crippen LogP contribution in [-0.4, -0.2) is 17.5 Å². The summed E-state index contributed by atoms with van der Waals surface area (Å²) in [5.41, 5.74) is 0. The Hall–Kier alpha value is 0.860. The molecule has 0 saturated carbocycles. The van der Waals surface area contributed by atoms with E-state index >= 15 is 0 Å². The Bertz CT molecular complexity index is 107. The topological polar surface area (TPSA) is 0 Å². The molecular weight excluding hydrogens is 194 g/mol. The van der Waals surface area contributed by atoms with E-state index in [1.807, 2.05) is 0 Å². The van der Waals surface area contributed by atoms with Crippen molar-refractivity contribution in [2.24, 2.45) is 0 Å². The standard InChI is InChI=1S/C11H26P2/c1-4-7-11(12,8-5-2)10-13-9-6-3/h13H,4-10,12H2,1-3H3. The smallest absolute Gasteiger partial charge is 0.0114 e. The Balaban J connectivity index is 3.76. The number of rotatable bonds is 8. The predicted molar refractivity (Wildman–Crippen MR) is 70.6 cm³/mol. The molecule has 2 heteroatoms. The van der Waals surface area contributed by atoms with Gasteiger partial charge in [0.15, 0.2) is 0 Å². The number of hydrogen-bond donors (Lipinski definition) is 0. The van der Waals surface area contributed by atoms with Gasteiger partial charge in [-0.15, -0.1) is 17.8 Å². The summed E-state index contributed by atoms with van der Waals surface area (Å²) in [6, 6.07) is 0. The van der Waals surface area contributed by atoms with Gasteiger partial charge >= 0.3 is 0 Å². The summed E-state index contributed by atoms with van der Waals surface area (Å²) in [4.78, 5) is 0. The molecule has 0 aromatic heterocycles. The first kappa shape index (κ1) is 13.9. The third-order valence-electron chi connectivity index (χ3n) is 2.40. The highest BCUT2D eigenvalue weighted by atomic mass is 31.1. The van der Waals surface area contributed by atoms with Crippen LogP contribution < -0.4 is 0 Å². The maximum Gasteiger partial charge on any atom is -0.0114 e. The lowest BCUT2D eigenvalue weighted by Crippen LogP contribution is -2.23. The van der Waals surface area contributed by atoms with Crippen LogP contribution in [-0.2, 0) is 0 Å². The Kier molecular flexibility index (Phi) is 8.73. The molecule has 2 atom stereocenters. The first-order valence-electron chi connectivity index (χ1n) is 5.68. The van der Waals surface area contributed by atoms with E-state index in [1.165, 1.54) is 53.0 Å². The van der Waals surface area contributed by atoms with Crippen molar-refractivity contribution in [1.29, 1.82) is 0 Å². The molecule has 13 heavy (non-hydrogen) atoms. The van der Waals surface area contributed by atoms with Crippen LogP contribution in [0.15, 0.2) is 0 Å². The molecule has 80 valence electrons. The maximum absolute atomic E-state index is 3.14. The average molecular weight is 220 g/mol. The zero-order chi connectivity index (χ0) is 10.2. The number of hydrogen-bond acceptors (Lipinski definition) is 0. The Labute approximate surface area is 88.6 Å². The van der Waals surface area contributed by atoms with Crippen molar-refractivity contribution in [2.75, 3.05) is 12.3 Å². The fraction of sp³-hybridized carbons (Fsp3) is 1.00. The zero-order valence-corrected chi connectivity index (χ0v) is 11.7. The van der Waals surface area contributed by atoms with Gasteiger partial charge in [-0.1, -0.05) is 40.0 Å². The molecule has 0 rings (SSSR count). The summed E-state index contributed by atoms with van der Waals surface area (Å²) in [6.45, 7) is 6.89. The summed E-state index contributed by atoms with van der Waals surface area (Å²) >= 11 is 0. The third-order valence-corrected chi connectivity index (χ3v) is 5.40. The first-order valence-corrected chi connectivity index (χ1v) is 7.67. The van der Waals surface area contributed by atoms with E-state index in [2.05, 4.69) is 30.0 Å². The molecule has 0 heterocycles. The van der Waals surface area contributed by atoms with Gasteiger partial charge in [0, 0.05) is 0 Å². The van der Waals surface area contributed by atoms with E-state index in [0.29, 0.717) is 5.16 Å². The van der Waals surface area contributed by atoms with Crippen LogP contribution in [0, 0.1) is 0 Å². The molecule has 0 aromatic carbocycles. The van der Waals surface area contributed by atoms with Crippen LogP contribution in [0.1, 0.15) is 52.9 Å². The van der Waals surface area contributed by atoms with Crippen molar-refractivity contribution >= 4 is 17.8 Å². The van der Waals surface area contributed by atoms with E-state index in [1.54, 1.807) is 0 Å². The van der Waals surface area contributed by atoms with Crippen molar-refractivity contribution in [3.8, 4) is 0 Å². The molecule has 0 fully saturated rings.